The molecule has 0 spiro atoms. The Morgan fingerprint density at radius 2 is 1.29 bits per heavy atom. The number of rotatable bonds is 12. The van der Waals surface area contributed by atoms with Crippen LogP contribution in [0.5, 0.6) is 0 Å². The molecule has 1 aromatic heterocycles. The molecule has 1 aliphatic rings. The molecule has 0 unspecified atom stereocenters. The van der Waals surface area contributed by atoms with Crippen LogP contribution in [0.3, 0.4) is 0 Å². The highest BCUT2D eigenvalue weighted by molar-refractivity contribution is 5.15. The van der Waals surface area contributed by atoms with Gasteiger partial charge in [-0.1, -0.05) is 91.0 Å². The van der Waals surface area contributed by atoms with Crippen molar-refractivity contribution in [2.24, 2.45) is 0 Å². The summed E-state index contributed by atoms with van der Waals surface area (Å²) in [6.07, 6.45) is -0.847. The van der Waals surface area contributed by atoms with Gasteiger partial charge in [-0.25, -0.2) is 0 Å². The molecule has 5 rings (SSSR count). The largest absolute Gasteiger partial charge is 0.374 e. The van der Waals surface area contributed by atoms with Gasteiger partial charge in [0.05, 0.1) is 26.4 Å². The lowest BCUT2D eigenvalue weighted by atomic mass is 9.96. The van der Waals surface area contributed by atoms with Crippen LogP contribution in [-0.2, 0) is 43.5 Å². The van der Waals surface area contributed by atoms with Crippen molar-refractivity contribution in [2.75, 3.05) is 13.7 Å². The van der Waals surface area contributed by atoms with Crippen LogP contribution in [0.2, 0.25) is 0 Å². The maximum Gasteiger partial charge on any atom is 0.186 e. The van der Waals surface area contributed by atoms with Gasteiger partial charge in [-0.05, 0) is 21.9 Å². The summed E-state index contributed by atoms with van der Waals surface area (Å²) in [5.74, 6) is 0. The van der Waals surface area contributed by atoms with Crippen LogP contribution in [0.25, 0.3) is 0 Å². The summed E-state index contributed by atoms with van der Waals surface area (Å²) < 4.78 is 31.3. The van der Waals surface area contributed by atoms with Crippen molar-refractivity contribution in [3.63, 3.8) is 0 Å². The topological polar surface area (TPSA) is 89.8 Å². The zero-order valence-corrected chi connectivity index (χ0v) is 21.3. The van der Waals surface area contributed by atoms with Gasteiger partial charge in [0.25, 0.3) is 0 Å². The molecule has 3 aromatic carbocycles. The molecular weight excluding hydrogens is 484 g/mol. The average Bonchev–Trinajstić information content (AvgIpc) is 3.51. The van der Waals surface area contributed by atoms with Crippen LogP contribution in [0.1, 0.15) is 22.7 Å². The van der Waals surface area contributed by atoms with E-state index in [4.69, 9.17) is 23.7 Å². The second-order valence-electron chi connectivity index (χ2n) is 9.05. The van der Waals surface area contributed by atoms with E-state index in [2.05, 4.69) is 15.4 Å². The number of hydrogen-bond donors (Lipinski definition) is 0. The molecule has 0 saturated carbocycles. The Balaban J connectivity index is 1.40. The smallest absolute Gasteiger partial charge is 0.186 e. The molecule has 1 aliphatic heterocycles. The second-order valence-corrected chi connectivity index (χ2v) is 9.05. The number of hydrogen-bond acceptors (Lipinski definition) is 8. The summed E-state index contributed by atoms with van der Waals surface area (Å²) in [7, 11) is 1.60. The summed E-state index contributed by atoms with van der Waals surface area (Å²) in [5, 5.41) is 12.5. The minimum Gasteiger partial charge on any atom is -0.374 e. The van der Waals surface area contributed by atoms with E-state index in [9.17, 15) is 0 Å². The Bertz CT molecular complexity index is 1200. The van der Waals surface area contributed by atoms with Crippen molar-refractivity contribution in [1.82, 2.24) is 20.2 Å². The second kappa shape index (κ2) is 13.4. The fourth-order valence-electron chi connectivity index (χ4n) is 4.58. The van der Waals surface area contributed by atoms with Gasteiger partial charge in [-0.2, -0.15) is 4.80 Å². The summed E-state index contributed by atoms with van der Waals surface area (Å²) in [6, 6.07) is 29.5. The Hall–Kier alpha value is -3.47. The molecule has 0 bridgehead atoms. The van der Waals surface area contributed by atoms with E-state index in [-0.39, 0.29) is 6.61 Å². The summed E-state index contributed by atoms with van der Waals surface area (Å²) in [4.78, 5) is 1.52. The predicted octanol–water partition coefficient (Wildman–Crippen LogP) is 3.97. The van der Waals surface area contributed by atoms with E-state index in [0.717, 1.165) is 16.7 Å². The Labute approximate surface area is 222 Å². The molecule has 9 heteroatoms. The van der Waals surface area contributed by atoms with E-state index in [1.54, 1.807) is 7.11 Å². The number of tetrazole rings is 1. The maximum absolute atomic E-state index is 6.56. The van der Waals surface area contributed by atoms with E-state index in [0.29, 0.717) is 19.8 Å². The van der Waals surface area contributed by atoms with Crippen molar-refractivity contribution >= 4 is 0 Å². The number of methoxy groups -OCH3 is 1. The molecule has 0 aliphatic carbocycles. The van der Waals surface area contributed by atoms with E-state index < -0.39 is 30.6 Å². The van der Waals surface area contributed by atoms with Gasteiger partial charge in [0.15, 0.2) is 12.6 Å². The predicted molar refractivity (Wildman–Crippen MR) is 139 cm³/mol. The SMILES string of the molecule is CO[C@H]1O[C@H](COCc2ccccc2)[C@H](n2ncnn2)[C@H](OCc2ccccc2)[C@H]1OCc1ccccc1. The van der Waals surface area contributed by atoms with Crippen molar-refractivity contribution in [3.05, 3.63) is 114 Å². The van der Waals surface area contributed by atoms with E-state index >= 15 is 0 Å². The van der Waals surface area contributed by atoms with Crippen molar-refractivity contribution in [2.45, 2.75) is 50.5 Å². The van der Waals surface area contributed by atoms with Gasteiger partial charge in [0.2, 0.25) is 0 Å². The third-order valence-corrected chi connectivity index (χ3v) is 6.45. The first-order valence-electron chi connectivity index (χ1n) is 12.7. The first-order chi connectivity index (χ1) is 18.8. The summed E-state index contributed by atoms with van der Waals surface area (Å²) in [5.41, 5.74) is 3.15. The molecule has 1 fully saturated rings. The fourth-order valence-corrected chi connectivity index (χ4v) is 4.58. The average molecular weight is 517 g/mol. The van der Waals surface area contributed by atoms with Crippen molar-refractivity contribution < 1.29 is 23.7 Å². The highest BCUT2D eigenvalue weighted by Crippen LogP contribution is 2.35. The minimum atomic E-state index is -0.690. The van der Waals surface area contributed by atoms with Crippen LogP contribution >= 0.6 is 0 Å². The first kappa shape index (κ1) is 26.1. The highest BCUT2D eigenvalue weighted by Gasteiger charge is 2.50. The number of benzene rings is 3. The lowest BCUT2D eigenvalue weighted by Gasteiger charge is -2.45. The Kier molecular flexibility index (Phi) is 9.20. The zero-order chi connectivity index (χ0) is 26.0. The van der Waals surface area contributed by atoms with Crippen molar-refractivity contribution in [3.8, 4) is 0 Å². The van der Waals surface area contributed by atoms with Crippen LogP contribution in [0.4, 0.5) is 0 Å². The number of nitrogens with zero attached hydrogens (tertiary/aromatic N) is 4. The quantitative estimate of drug-likeness (QED) is 0.279. The van der Waals surface area contributed by atoms with E-state index in [1.807, 2.05) is 91.0 Å². The molecule has 5 atom stereocenters. The van der Waals surface area contributed by atoms with Crippen LogP contribution in [0, 0.1) is 0 Å². The highest BCUT2D eigenvalue weighted by atomic mass is 16.7. The fraction of sp³-hybridized carbons (Fsp3) is 0.345. The molecular formula is C29H32N4O5. The van der Waals surface area contributed by atoms with Crippen LogP contribution in [-0.4, -0.2) is 58.5 Å². The molecule has 1 saturated heterocycles. The van der Waals surface area contributed by atoms with E-state index in [1.165, 1.54) is 11.1 Å². The zero-order valence-electron chi connectivity index (χ0n) is 21.3. The van der Waals surface area contributed by atoms with Gasteiger partial charge in [0, 0.05) is 7.11 Å². The van der Waals surface area contributed by atoms with Gasteiger partial charge < -0.3 is 23.7 Å². The monoisotopic (exact) mass is 516 g/mol. The summed E-state index contributed by atoms with van der Waals surface area (Å²) in [6.45, 7) is 1.46. The van der Waals surface area contributed by atoms with Gasteiger partial charge >= 0.3 is 0 Å². The lowest BCUT2D eigenvalue weighted by Crippen LogP contribution is -2.58. The third kappa shape index (κ3) is 6.69. The summed E-state index contributed by atoms with van der Waals surface area (Å²) >= 11 is 0. The number of aromatic nitrogens is 4. The standard InChI is InChI=1S/C29H32N4O5/c1-34-29-28(37-19-24-15-9-4-10-16-24)27(36-18-23-13-7-3-8-14-23)26(33-31-21-30-32-33)25(38-29)20-35-17-22-11-5-2-6-12-22/h2-16,21,25-29H,17-20H2,1H3/t25-,26+,27+,28-,29+/m1/s1. The lowest BCUT2D eigenvalue weighted by molar-refractivity contribution is -0.303. The van der Waals surface area contributed by atoms with Crippen LogP contribution in [0.15, 0.2) is 97.3 Å². The van der Waals surface area contributed by atoms with Gasteiger partial charge in [-0.15, -0.1) is 10.2 Å². The van der Waals surface area contributed by atoms with Crippen molar-refractivity contribution in [1.29, 1.82) is 0 Å². The molecule has 4 aromatic rings. The van der Waals surface area contributed by atoms with Gasteiger partial charge in [0.1, 0.15) is 24.4 Å². The van der Waals surface area contributed by atoms with Crippen LogP contribution < -0.4 is 0 Å². The number of ether oxygens (including phenoxy) is 5. The maximum atomic E-state index is 6.56. The normalized spacial score (nSPS) is 23.3. The Morgan fingerprint density at radius 1 is 0.737 bits per heavy atom. The molecule has 2 heterocycles. The molecule has 0 amide bonds. The first-order valence-corrected chi connectivity index (χ1v) is 12.7. The van der Waals surface area contributed by atoms with Gasteiger partial charge in [-0.3, -0.25) is 0 Å². The minimum absolute atomic E-state index is 0.275. The molecule has 9 nitrogen and oxygen atoms in total. The Morgan fingerprint density at radius 3 is 1.82 bits per heavy atom. The molecule has 198 valence electrons. The molecule has 0 radical (unpaired) electrons. The third-order valence-electron chi connectivity index (χ3n) is 6.45. The molecule has 38 heavy (non-hydrogen) atoms. The molecule has 0 N–H and O–H groups in total.